The standard InChI is InChI=1S/C16H15FN2O2/c1-11-9-13(16(20)21-2)5-8-15(11)19-18-10-12-3-6-14(17)7-4-12/h3-10,19H,1-2H3/b18-10+. The molecule has 0 aliphatic rings. The summed E-state index contributed by atoms with van der Waals surface area (Å²) in [5.41, 5.74) is 5.81. The summed E-state index contributed by atoms with van der Waals surface area (Å²) >= 11 is 0. The van der Waals surface area contributed by atoms with Crippen LogP contribution in [0, 0.1) is 12.7 Å². The SMILES string of the molecule is COC(=O)c1ccc(N/N=C/c2ccc(F)cc2)c(C)c1. The maximum atomic E-state index is 12.8. The van der Waals surface area contributed by atoms with Gasteiger partial charge in [0.05, 0.1) is 24.6 Å². The van der Waals surface area contributed by atoms with Crippen LogP contribution < -0.4 is 5.43 Å². The number of benzene rings is 2. The summed E-state index contributed by atoms with van der Waals surface area (Å²) in [6, 6.07) is 11.1. The van der Waals surface area contributed by atoms with E-state index >= 15 is 0 Å². The Balaban J connectivity index is 2.06. The van der Waals surface area contributed by atoms with Crippen molar-refractivity contribution in [3.8, 4) is 0 Å². The lowest BCUT2D eigenvalue weighted by Gasteiger charge is -2.06. The largest absolute Gasteiger partial charge is 0.465 e. The molecule has 21 heavy (non-hydrogen) atoms. The first-order valence-corrected chi connectivity index (χ1v) is 6.34. The number of hydrogen-bond donors (Lipinski definition) is 1. The second kappa shape index (κ2) is 6.65. The number of nitrogens with one attached hydrogen (secondary N) is 1. The zero-order valence-electron chi connectivity index (χ0n) is 11.8. The van der Waals surface area contributed by atoms with E-state index in [1.165, 1.54) is 19.2 Å². The van der Waals surface area contributed by atoms with Crippen LogP contribution in [0.15, 0.2) is 47.6 Å². The maximum absolute atomic E-state index is 12.8. The first kappa shape index (κ1) is 14.7. The van der Waals surface area contributed by atoms with Gasteiger partial charge in [0.15, 0.2) is 0 Å². The van der Waals surface area contributed by atoms with E-state index in [0.717, 1.165) is 16.8 Å². The van der Waals surface area contributed by atoms with E-state index < -0.39 is 0 Å². The maximum Gasteiger partial charge on any atom is 0.337 e. The molecular formula is C16H15FN2O2. The van der Waals surface area contributed by atoms with Crippen LogP contribution in [0.2, 0.25) is 0 Å². The van der Waals surface area contributed by atoms with Crippen molar-refractivity contribution < 1.29 is 13.9 Å². The third-order valence-corrected chi connectivity index (χ3v) is 2.92. The van der Waals surface area contributed by atoms with Gasteiger partial charge in [-0.3, -0.25) is 5.43 Å². The Hall–Kier alpha value is -2.69. The molecule has 2 aromatic rings. The average molecular weight is 286 g/mol. The molecule has 0 spiro atoms. The van der Waals surface area contributed by atoms with Crippen LogP contribution in [0.1, 0.15) is 21.5 Å². The Labute approximate surface area is 122 Å². The van der Waals surface area contributed by atoms with Gasteiger partial charge in [0.2, 0.25) is 0 Å². The second-order valence-electron chi connectivity index (χ2n) is 4.44. The number of methoxy groups -OCH3 is 1. The Kier molecular flexibility index (Phi) is 4.66. The molecule has 0 bridgehead atoms. The lowest BCUT2D eigenvalue weighted by atomic mass is 10.1. The fourth-order valence-electron chi connectivity index (χ4n) is 1.76. The van der Waals surface area contributed by atoms with Crippen molar-refractivity contribution in [1.82, 2.24) is 0 Å². The lowest BCUT2D eigenvalue weighted by molar-refractivity contribution is 0.0600. The van der Waals surface area contributed by atoms with E-state index in [2.05, 4.69) is 15.3 Å². The molecule has 0 amide bonds. The van der Waals surface area contributed by atoms with Crippen LogP contribution in [0.4, 0.5) is 10.1 Å². The van der Waals surface area contributed by atoms with E-state index in [1.54, 1.807) is 36.5 Å². The van der Waals surface area contributed by atoms with Gasteiger partial charge in [-0.25, -0.2) is 9.18 Å². The molecule has 2 rings (SSSR count). The number of halogens is 1. The Morgan fingerprint density at radius 2 is 1.95 bits per heavy atom. The molecule has 2 aromatic carbocycles. The summed E-state index contributed by atoms with van der Waals surface area (Å²) in [6.45, 7) is 1.86. The summed E-state index contributed by atoms with van der Waals surface area (Å²) in [5, 5.41) is 4.08. The number of carbonyl (C=O) groups excluding carboxylic acids is 1. The van der Waals surface area contributed by atoms with E-state index in [1.807, 2.05) is 6.92 Å². The number of hydrazone groups is 1. The molecule has 108 valence electrons. The molecule has 4 nitrogen and oxygen atoms in total. The first-order valence-electron chi connectivity index (χ1n) is 6.34. The summed E-state index contributed by atoms with van der Waals surface area (Å²) in [6.07, 6.45) is 1.59. The van der Waals surface area contributed by atoms with Crippen LogP contribution in [0.3, 0.4) is 0 Å². The predicted octanol–water partition coefficient (Wildman–Crippen LogP) is 3.37. The highest BCUT2D eigenvalue weighted by molar-refractivity contribution is 5.90. The van der Waals surface area contributed by atoms with Crippen LogP contribution in [0.25, 0.3) is 0 Å². The molecule has 5 heteroatoms. The minimum Gasteiger partial charge on any atom is -0.465 e. The highest BCUT2D eigenvalue weighted by atomic mass is 19.1. The molecule has 0 saturated carbocycles. The van der Waals surface area contributed by atoms with E-state index in [4.69, 9.17) is 0 Å². The third-order valence-electron chi connectivity index (χ3n) is 2.92. The summed E-state index contributed by atoms with van der Waals surface area (Å²) in [5.74, 6) is -0.659. The first-order chi connectivity index (χ1) is 10.1. The van der Waals surface area contributed by atoms with Crippen molar-refractivity contribution in [3.63, 3.8) is 0 Å². The smallest absolute Gasteiger partial charge is 0.337 e. The minimum absolute atomic E-state index is 0.283. The highest BCUT2D eigenvalue weighted by Gasteiger charge is 2.06. The van der Waals surface area contributed by atoms with Gasteiger partial charge in [0.25, 0.3) is 0 Å². The zero-order valence-corrected chi connectivity index (χ0v) is 11.8. The lowest BCUT2D eigenvalue weighted by Crippen LogP contribution is -2.02. The molecule has 0 aliphatic carbocycles. The molecule has 0 saturated heterocycles. The summed E-state index contributed by atoms with van der Waals surface area (Å²) < 4.78 is 17.4. The van der Waals surface area contributed by atoms with Crippen LogP contribution in [-0.2, 0) is 4.74 Å². The van der Waals surface area contributed by atoms with Crippen molar-refractivity contribution in [3.05, 3.63) is 65.0 Å². The van der Waals surface area contributed by atoms with Gasteiger partial charge in [-0.1, -0.05) is 12.1 Å². The van der Waals surface area contributed by atoms with Crippen LogP contribution >= 0.6 is 0 Å². The van der Waals surface area contributed by atoms with Crippen molar-refractivity contribution >= 4 is 17.9 Å². The topological polar surface area (TPSA) is 50.7 Å². The van der Waals surface area contributed by atoms with Gasteiger partial charge in [-0.05, 0) is 48.4 Å². The Bertz CT molecular complexity index is 666. The number of carbonyl (C=O) groups is 1. The Morgan fingerprint density at radius 3 is 2.57 bits per heavy atom. The predicted molar refractivity (Wildman–Crippen MR) is 80.1 cm³/mol. The number of hydrogen-bond acceptors (Lipinski definition) is 4. The number of esters is 1. The minimum atomic E-state index is -0.375. The molecule has 0 heterocycles. The summed E-state index contributed by atoms with van der Waals surface area (Å²) in [4.78, 5) is 11.4. The average Bonchev–Trinajstić information content (AvgIpc) is 2.50. The second-order valence-corrected chi connectivity index (χ2v) is 4.44. The van der Waals surface area contributed by atoms with Gasteiger partial charge < -0.3 is 4.74 Å². The molecule has 1 N–H and O–H groups in total. The number of nitrogens with zero attached hydrogens (tertiary/aromatic N) is 1. The van der Waals surface area contributed by atoms with E-state index in [9.17, 15) is 9.18 Å². The van der Waals surface area contributed by atoms with Crippen LogP contribution in [0.5, 0.6) is 0 Å². The van der Waals surface area contributed by atoms with Gasteiger partial charge in [-0.15, -0.1) is 0 Å². The van der Waals surface area contributed by atoms with Gasteiger partial charge >= 0.3 is 5.97 Å². The fourth-order valence-corrected chi connectivity index (χ4v) is 1.76. The van der Waals surface area contributed by atoms with Gasteiger partial charge in [0.1, 0.15) is 5.82 Å². The van der Waals surface area contributed by atoms with Gasteiger partial charge in [0, 0.05) is 0 Å². The van der Waals surface area contributed by atoms with E-state index in [0.29, 0.717) is 5.56 Å². The molecule has 0 unspecified atom stereocenters. The third kappa shape index (κ3) is 3.89. The number of ether oxygens (including phenoxy) is 1. The Morgan fingerprint density at radius 1 is 1.24 bits per heavy atom. The van der Waals surface area contributed by atoms with Crippen molar-refractivity contribution in [2.24, 2.45) is 5.10 Å². The summed E-state index contributed by atoms with van der Waals surface area (Å²) in [7, 11) is 1.34. The monoisotopic (exact) mass is 286 g/mol. The van der Waals surface area contributed by atoms with Crippen molar-refractivity contribution in [1.29, 1.82) is 0 Å². The van der Waals surface area contributed by atoms with Crippen molar-refractivity contribution in [2.45, 2.75) is 6.92 Å². The fraction of sp³-hybridized carbons (Fsp3) is 0.125. The number of anilines is 1. The molecule has 0 fully saturated rings. The van der Waals surface area contributed by atoms with E-state index in [-0.39, 0.29) is 11.8 Å². The van der Waals surface area contributed by atoms with Crippen molar-refractivity contribution in [2.75, 3.05) is 12.5 Å². The normalized spacial score (nSPS) is 10.6. The molecule has 0 aliphatic heterocycles. The highest BCUT2D eigenvalue weighted by Crippen LogP contribution is 2.17. The van der Waals surface area contributed by atoms with Crippen LogP contribution in [-0.4, -0.2) is 19.3 Å². The molecule has 0 aromatic heterocycles. The molecule has 0 atom stereocenters. The number of rotatable bonds is 4. The molecule has 0 radical (unpaired) electrons. The molecular weight excluding hydrogens is 271 g/mol. The number of aryl methyl sites for hydroxylation is 1. The van der Waals surface area contributed by atoms with Gasteiger partial charge in [-0.2, -0.15) is 5.10 Å². The zero-order chi connectivity index (χ0) is 15.2. The quantitative estimate of drug-likeness (QED) is 0.532.